The van der Waals surface area contributed by atoms with Crippen LogP contribution in [0.4, 0.5) is 4.39 Å². The lowest BCUT2D eigenvalue weighted by molar-refractivity contribution is 0.0950. The second kappa shape index (κ2) is 6.43. The number of aromatic amines is 1. The maximum Gasteiger partial charge on any atom is 0.253 e. The van der Waals surface area contributed by atoms with Gasteiger partial charge in [-0.25, -0.2) is 4.39 Å². The van der Waals surface area contributed by atoms with Gasteiger partial charge in [-0.15, -0.1) is 0 Å². The Labute approximate surface area is 127 Å². The first-order valence-electron chi connectivity index (χ1n) is 6.73. The van der Waals surface area contributed by atoms with Crippen LogP contribution in [0.5, 0.6) is 5.75 Å². The molecule has 0 aliphatic rings. The second-order valence-corrected chi connectivity index (χ2v) is 4.98. The lowest BCUT2D eigenvalue weighted by Gasteiger charge is -2.09. The van der Waals surface area contributed by atoms with Crippen molar-refractivity contribution in [2.24, 2.45) is 0 Å². The molecule has 0 aliphatic heterocycles. The number of nitrogens with one attached hydrogen (secondary N) is 2. The van der Waals surface area contributed by atoms with Crippen molar-refractivity contribution in [2.45, 2.75) is 20.4 Å². The number of benzene rings is 1. The van der Waals surface area contributed by atoms with Crippen molar-refractivity contribution in [3.8, 4) is 5.75 Å². The second-order valence-electron chi connectivity index (χ2n) is 4.98. The van der Waals surface area contributed by atoms with E-state index in [2.05, 4.69) is 10.3 Å². The van der Waals surface area contributed by atoms with Crippen LogP contribution in [-0.4, -0.2) is 18.0 Å². The number of carbonyl (C=O) groups is 1. The first-order chi connectivity index (χ1) is 10.4. The molecule has 116 valence electrons. The number of ether oxygens (including phenoxy) is 1. The topological polar surface area (TPSA) is 71.2 Å². The molecule has 0 bridgehead atoms. The molecule has 0 unspecified atom stereocenters. The van der Waals surface area contributed by atoms with Gasteiger partial charge in [0.1, 0.15) is 0 Å². The maximum absolute atomic E-state index is 13.6. The third-order valence-electron chi connectivity index (χ3n) is 3.33. The van der Waals surface area contributed by atoms with E-state index in [1.165, 1.54) is 19.2 Å². The summed E-state index contributed by atoms with van der Waals surface area (Å²) < 4.78 is 18.4. The molecule has 6 heteroatoms. The van der Waals surface area contributed by atoms with Crippen molar-refractivity contribution in [1.82, 2.24) is 10.3 Å². The first-order valence-corrected chi connectivity index (χ1v) is 6.73. The van der Waals surface area contributed by atoms with Gasteiger partial charge < -0.3 is 15.0 Å². The third kappa shape index (κ3) is 3.33. The Balaban J connectivity index is 2.14. The molecule has 0 spiro atoms. The van der Waals surface area contributed by atoms with Crippen LogP contribution in [0.1, 0.15) is 27.2 Å². The summed E-state index contributed by atoms with van der Waals surface area (Å²) in [4.78, 5) is 26.6. The first kappa shape index (κ1) is 15.8. The molecule has 2 rings (SSSR count). The van der Waals surface area contributed by atoms with Crippen LogP contribution in [-0.2, 0) is 6.54 Å². The van der Waals surface area contributed by atoms with E-state index in [4.69, 9.17) is 4.74 Å². The Hall–Kier alpha value is -2.63. The number of hydrogen-bond acceptors (Lipinski definition) is 3. The van der Waals surface area contributed by atoms with Crippen molar-refractivity contribution < 1.29 is 13.9 Å². The fraction of sp³-hybridized carbons (Fsp3) is 0.250. The van der Waals surface area contributed by atoms with E-state index in [0.717, 1.165) is 17.3 Å². The predicted octanol–water partition coefficient (Wildman–Crippen LogP) is 2.07. The number of aromatic nitrogens is 1. The van der Waals surface area contributed by atoms with E-state index in [9.17, 15) is 14.0 Å². The Bertz CT molecular complexity index is 768. The number of aryl methyl sites for hydroxylation is 2. The van der Waals surface area contributed by atoms with E-state index < -0.39 is 11.7 Å². The highest BCUT2D eigenvalue weighted by atomic mass is 19.1. The van der Waals surface area contributed by atoms with Gasteiger partial charge in [-0.05, 0) is 43.7 Å². The molecule has 1 aromatic heterocycles. The van der Waals surface area contributed by atoms with Gasteiger partial charge in [-0.2, -0.15) is 0 Å². The smallest absolute Gasteiger partial charge is 0.253 e. The average Bonchev–Trinajstić information content (AvgIpc) is 2.45. The number of halogens is 1. The van der Waals surface area contributed by atoms with Gasteiger partial charge >= 0.3 is 0 Å². The van der Waals surface area contributed by atoms with Crippen LogP contribution in [0.2, 0.25) is 0 Å². The van der Waals surface area contributed by atoms with E-state index in [0.29, 0.717) is 5.56 Å². The zero-order chi connectivity index (χ0) is 16.3. The van der Waals surface area contributed by atoms with Crippen molar-refractivity contribution >= 4 is 5.91 Å². The fourth-order valence-corrected chi connectivity index (χ4v) is 2.18. The third-order valence-corrected chi connectivity index (χ3v) is 3.33. The number of methoxy groups -OCH3 is 1. The van der Waals surface area contributed by atoms with Crippen molar-refractivity contribution in [3.63, 3.8) is 0 Å². The summed E-state index contributed by atoms with van der Waals surface area (Å²) in [5.74, 6) is -0.997. The number of carbonyl (C=O) groups excluding carboxylic acids is 1. The molecule has 5 nitrogen and oxygen atoms in total. The predicted molar refractivity (Wildman–Crippen MR) is 80.7 cm³/mol. The standard InChI is InChI=1S/C16H17FN2O3/c1-9-6-10(2)19-16(21)12(9)8-18-15(20)11-4-5-14(22-3)13(17)7-11/h4-7H,8H2,1-3H3,(H,18,20)(H,19,21). The van der Waals surface area contributed by atoms with Gasteiger partial charge in [0.2, 0.25) is 0 Å². The molecule has 0 saturated heterocycles. The number of rotatable bonds is 4. The zero-order valence-electron chi connectivity index (χ0n) is 12.6. The number of pyridine rings is 1. The summed E-state index contributed by atoms with van der Waals surface area (Å²) in [5.41, 5.74) is 1.96. The van der Waals surface area contributed by atoms with Crippen molar-refractivity contribution in [2.75, 3.05) is 7.11 Å². The van der Waals surface area contributed by atoms with Crippen LogP contribution < -0.4 is 15.6 Å². The molecule has 22 heavy (non-hydrogen) atoms. The lowest BCUT2D eigenvalue weighted by Crippen LogP contribution is -2.28. The van der Waals surface area contributed by atoms with E-state index in [1.807, 2.05) is 6.07 Å². The van der Waals surface area contributed by atoms with Crippen LogP contribution in [0.15, 0.2) is 29.1 Å². The molecule has 0 aliphatic carbocycles. The van der Waals surface area contributed by atoms with Gasteiger partial charge in [0.25, 0.3) is 11.5 Å². The van der Waals surface area contributed by atoms with Crippen LogP contribution >= 0.6 is 0 Å². The minimum absolute atomic E-state index is 0.0716. The van der Waals surface area contributed by atoms with Gasteiger partial charge in [0.15, 0.2) is 11.6 Å². The largest absolute Gasteiger partial charge is 0.494 e. The maximum atomic E-state index is 13.6. The minimum atomic E-state index is -0.612. The summed E-state index contributed by atoms with van der Waals surface area (Å²) in [6, 6.07) is 5.77. The summed E-state index contributed by atoms with van der Waals surface area (Å²) in [5, 5.41) is 2.61. The van der Waals surface area contributed by atoms with Crippen LogP contribution in [0, 0.1) is 19.7 Å². The number of amides is 1. The molecular formula is C16H17FN2O3. The van der Waals surface area contributed by atoms with E-state index >= 15 is 0 Å². The molecule has 1 heterocycles. The summed E-state index contributed by atoms with van der Waals surface area (Å²) in [7, 11) is 1.35. The molecule has 0 fully saturated rings. The van der Waals surface area contributed by atoms with E-state index in [1.54, 1.807) is 13.8 Å². The van der Waals surface area contributed by atoms with Crippen LogP contribution in [0.25, 0.3) is 0 Å². The molecular weight excluding hydrogens is 287 g/mol. The Kier molecular flexibility index (Phi) is 4.60. The fourth-order valence-electron chi connectivity index (χ4n) is 2.18. The lowest BCUT2D eigenvalue weighted by atomic mass is 10.1. The van der Waals surface area contributed by atoms with Crippen LogP contribution in [0.3, 0.4) is 0 Å². The summed E-state index contributed by atoms with van der Waals surface area (Å²) in [6.45, 7) is 3.67. The highest BCUT2D eigenvalue weighted by molar-refractivity contribution is 5.94. The number of hydrogen-bond donors (Lipinski definition) is 2. The molecule has 1 amide bonds. The van der Waals surface area contributed by atoms with Gasteiger partial charge in [-0.1, -0.05) is 0 Å². The molecule has 2 aromatic rings. The zero-order valence-corrected chi connectivity index (χ0v) is 12.6. The molecule has 1 aromatic carbocycles. The monoisotopic (exact) mass is 304 g/mol. The SMILES string of the molecule is COc1ccc(C(=O)NCc2c(C)cc(C)[nH]c2=O)cc1F. The highest BCUT2D eigenvalue weighted by Crippen LogP contribution is 2.17. The molecule has 0 radical (unpaired) electrons. The normalized spacial score (nSPS) is 10.4. The van der Waals surface area contributed by atoms with Crippen molar-refractivity contribution in [3.05, 3.63) is 62.8 Å². The van der Waals surface area contributed by atoms with Gasteiger partial charge in [0.05, 0.1) is 7.11 Å². The van der Waals surface area contributed by atoms with E-state index in [-0.39, 0.29) is 23.4 Å². The molecule has 2 N–H and O–H groups in total. The number of H-pyrrole nitrogens is 1. The summed E-state index contributed by atoms with van der Waals surface area (Å²) in [6.07, 6.45) is 0. The molecule has 0 saturated carbocycles. The minimum Gasteiger partial charge on any atom is -0.494 e. The van der Waals surface area contributed by atoms with Gasteiger partial charge in [0, 0.05) is 23.4 Å². The van der Waals surface area contributed by atoms with Crippen molar-refractivity contribution in [1.29, 1.82) is 0 Å². The Morgan fingerprint density at radius 1 is 1.32 bits per heavy atom. The highest BCUT2D eigenvalue weighted by Gasteiger charge is 2.12. The average molecular weight is 304 g/mol. The summed E-state index contributed by atoms with van der Waals surface area (Å²) >= 11 is 0. The van der Waals surface area contributed by atoms with Gasteiger partial charge in [-0.3, -0.25) is 9.59 Å². The quantitative estimate of drug-likeness (QED) is 0.908. The Morgan fingerprint density at radius 3 is 2.64 bits per heavy atom. The molecule has 0 atom stereocenters. The Morgan fingerprint density at radius 2 is 2.05 bits per heavy atom.